The zero-order chi connectivity index (χ0) is 21.2. The van der Waals surface area contributed by atoms with Gasteiger partial charge in [0.1, 0.15) is 11.5 Å². The fourth-order valence-electron chi connectivity index (χ4n) is 3.34. The van der Waals surface area contributed by atoms with Crippen LogP contribution in [0.3, 0.4) is 0 Å². The van der Waals surface area contributed by atoms with Crippen LogP contribution in [0.1, 0.15) is 24.5 Å². The number of nitrogens with zero attached hydrogens (tertiary/aromatic N) is 2. The van der Waals surface area contributed by atoms with Gasteiger partial charge in [0, 0.05) is 18.0 Å². The lowest BCUT2D eigenvalue weighted by Gasteiger charge is -2.29. The molecule has 4 rings (SSSR count). The van der Waals surface area contributed by atoms with Crippen LogP contribution in [0.25, 0.3) is 0 Å². The molecule has 30 heavy (non-hydrogen) atoms. The third-order valence-corrected chi connectivity index (χ3v) is 4.98. The average Bonchev–Trinajstić information content (AvgIpc) is 3.39. The van der Waals surface area contributed by atoms with Crippen molar-refractivity contribution in [3.63, 3.8) is 0 Å². The molecule has 2 atom stereocenters. The number of imidazole rings is 1. The van der Waals surface area contributed by atoms with Gasteiger partial charge in [-0.15, -0.1) is 0 Å². The molecule has 1 saturated heterocycles. The second-order valence-corrected chi connectivity index (χ2v) is 7.10. The van der Waals surface area contributed by atoms with Gasteiger partial charge in [-0.05, 0) is 55.0 Å². The number of aromatic nitrogens is 2. The summed E-state index contributed by atoms with van der Waals surface area (Å²) in [5.74, 6) is -0.113. The van der Waals surface area contributed by atoms with Crippen LogP contribution in [0.5, 0.6) is 11.5 Å². The normalized spacial score (nSPS) is 21.7. The van der Waals surface area contributed by atoms with Crippen molar-refractivity contribution in [3.05, 3.63) is 78.4 Å². The number of halogens is 3. The van der Waals surface area contributed by atoms with Crippen LogP contribution >= 0.6 is 0 Å². The third-order valence-electron chi connectivity index (χ3n) is 4.98. The predicted molar refractivity (Wildman–Crippen MR) is 103 cm³/mol. The Morgan fingerprint density at radius 3 is 2.30 bits per heavy atom. The maximum absolute atomic E-state index is 12.7. The molecule has 0 bridgehead atoms. The molecule has 8 heteroatoms. The van der Waals surface area contributed by atoms with Gasteiger partial charge in [-0.3, -0.25) is 0 Å². The fraction of sp³-hybridized carbons (Fsp3) is 0.318. The smallest absolute Gasteiger partial charge is 0.416 e. The Morgan fingerprint density at radius 2 is 1.77 bits per heavy atom. The van der Waals surface area contributed by atoms with Gasteiger partial charge in [0.2, 0.25) is 5.79 Å². The number of benzene rings is 2. The monoisotopic (exact) mass is 418 g/mol. The minimum atomic E-state index is -4.37. The first kappa shape index (κ1) is 20.4. The van der Waals surface area contributed by atoms with Crippen molar-refractivity contribution in [1.29, 1.82) is 0 Å². The number of ether oxygens (including phenoxy) is 3. The zero-order valence-electron chi connectivity index (χ0n) is 16.3. The highest BCUT2D eigenvalue weighted by Crippen LogP contribution is 2.38. The summed E-state index contributed by atoms with van der Waals surface area (Å²) in [5, 5.41) is 0. The van der Waals surface area contributed by atoms with Crippen molar-refractivity contribution in [2.75, 3.05) is 6.61 Å². The number of alkyl halides is 3. The highest BCUT2D eigenvalue weighted by atomic mass is 19.4. The summed E-state index contributed by atoms with van der Waals surface area (Å²) in [6, 6.07) is 11.8. The van der Waals surface area contributed by atoms with Crippen LogP contribution in [0.15, 0.2) is 67.3 Å². The van der Waals surface area contributed by atoms with Crippen LogP contribution in [0.2, 0.25) is 0 Å². The first-order chi connectivity index (χ1) is 14.4. The molecule has 5 nitrogen and oxygen atoms in total. The number of hydrogen-bond donors (Lipinski definition) is 0. The van der Waals surface area contributed by atoms with Gasteiger partial charge >= 0.3 is 6.18 Å². The predicted octanol–water partition coefficient (Wildman–Crippen LogP) is 5.37. The largest absolute Gasteiger partial charge is 0.457 e. The average molecular weight is 418 g/mol. The van der Waals surface area contributed by atoms with Crippen LogP contribution in [0, 0.1) is 0 Å². The van der Waals surface area contributed by atoms with E-state index in [-0.39, 0.29) is 6.10 Å². The van der Waals surface area contributed by atoms with E-state index in [0.717, 1.165) is 24.1 Å². The fourth-order valence-corrected chi connectivity index (χ4v) is 3.34. The van der Waals surface area contributed by atoms with Crippen molar-refractivity contribution in [2.24, 2.45) is 0 Å². The molecule has 0 spiro atoms. The summed E-state index contributed by atoms with van der Waals surface area (Å²) >= 11 is 0. The molecule has 2 unspecified atom stereocenters. The molecule has 158 valence electrons. The maximum Gasteiger partial charge on any atom is 0.416 e. The van der Waals surface area contributed by atoms with Gasteiger partial charge in [0.15, 0.2) is 0 Å². The third kappa shape index (κ3) is 4.34. The quantitative estimate of drug-likeness (QED) is 0.540. The molecule has 0 amide bonds. The van der Waals surface area contributed by atoms with E-state index in [2.05, 4.69) is 4.98 Å². The Labute approximate surface area is 172 Å². The summed E-state index contributed by atoms with van der Waals surface area (Å²) in [6.07, 6.45) is 1.70. The molecule has 2 heterocycles. The zero-order valence-corrected chi connectivity index (χ0v) is 16.3. The minimum absolute atomic E-state index is 0.00315. The van der Waals surface area contributed by atoms with E-state index in [1.165, 1.54) is 12.1 Å². The molecule has 1 aromatic heterocycles. The van der Waals surface area contributed by atoms with Crippen molar-refractivity contribution in [1.82, 2.24) is 9.55 Å². The summed E-state index contributed by atoms with van der Waals surface area (Å²) in [7, 11) is 0. The molecule has 0 aliphatic carbocycles. The number of hydrogen-bond acceptors (Lipinski definition) is 4. The molecule has 3 aromatic rings. The van der Waals surface area contributed by atoms with Crippen molar-refractivity contribution in [3.8, 4) is 11.5 Å². The summed E-state index contributed by atoms with van der Waals surface area (Å²) < 4.78 is 58.0. The Kier molecular flexibility index (Phi) is 5.53. The van der Waals surface area contributed by atoms with Crippen LogP contribution < -0.4 is 4.74 Å². The molecule has 1 aliphatic heterocycles. The topological polar surface area (TPSA) is 45.5 Å². The second-order valence-electron chi connectivity index (χ2n) is 7.10. The molecule has 2 aromatic carbocycles. The molecule has 0 saturated carbocycles. The van der Waals surface area contributed by atoms with E-state index in [9.17, 15) is 13.2 Å². The van der Waals surface area contributed by atoms with E-state index in [0.29, 0.717) is 24.7 Å². The Bertz CT molecular complexity index is 957. The highest BCUT2D eigenvalue weighted by molar-refractivity contribution is 5.36. The summed E-state index contributed by atoms with van der Waals surface area (Å²) in [4.78, 5) is 4.07. The molecule has 0 N–H and O–H groups in total. The van der Waals surface area contributed by atoms with Gasteiger partial charge in [0.05, 0.1) is 31.1 Å². The van der Waals surface area contributed by atoms with Gasteiger partial charge < -0.3 is 18.8 Å². The van der Waals surface area contributed by atoms with E-state index in [1.807, 2.05) is 29.8 Å². The van der Waals surface area contributed by atoms with Gasteiger partial charge in [0.25, 0.3) is 0 Å². The van der Waals surface area contributed by atoms with Crippen LogP contribution in [-0.4, -0.2) is 22.3 Å². The van der Waals surface area contributed by atoms with Crippen LogP contribution in [0.4, 0.5) is 13.2 Å². The molecular formula is C22H21F3N2O3. The van der Waals surface area contributed by atoms with E-state index in [4.69, 9.17) is 14.2 Å². The minimum Gasteiger partial charge on any atom is -0.457 e. The maximum atomic E-state index is 12.7. The first-order valence-corrected chi connectivity index (χ1v) is 9.61. The second kappa shape index (κ2) is 8.12. The van der Waals surface area contributed by atoms with Gasteiger partial charge in [-0.2, -0.15) is 13.2 Å². The standard InChI is InChI=1S/C22H21F3N2O3/c1-2-18-13-28-21(30-18,14-27-12-11-26-15-27)16-3-7-19(8-4-16)29-20-9-5-17(6-10-20)22(23,24)25/h3-12,15,18H,2,13-14H2,1H3. The lowest BCUT2D eigenvalue weighted by atomic mass is 10.1. The summed E-state index contributed by atoms with van der Waals surface area (Å²) in [6.45, 7) is 2.99. The highest BCUT2D eigenvalue weighted by Gasteiger charge is 2.43. The number of rotatable bonds is 6. The molecule has 0 radical (unpaired) electrons. The van der Waals surface area contributed by atoms with Gasteiger partial charge in [-0.25, -0.2) is 4.98 Å². The Balaban J connectivity index is 1.52. The summed E-state index contributed by atoms with van der Waals surface area (Å²) in [5.41, 5.74) is 0.111. The SMILES string of the molecule is CCC1COC(Cn2ccnc2)(c2ccc(Oc3ccc(C(F)(F)F)cc3)cc2)O1. The lowest BCUT2D eigenvalue weighted by Crippen LogP contribution is -2.33. The molecule has 1 fully saturated rings. The lowest BCUT2D eigenvalue weighted by molar-refractivity contribution is -0.187. The molecule has 1 aliphatic rings. The van der Waals surface area contributed by atoms with Crippen LogP contribution in [-0.2, 0) is 28.0 Å². The van der Waals surface area contributed by atoms with Crippen molar-refractivity contribution in [2.45, 2.75) is 38.0 Å². The van der Waals surface area contributed by atoms with Crippen molar-refractivity contribution >= 4 is 0 Å². The van der Waals surface area contributed by atoms with E-state index >= 15 is 0 Å². The van der Waals surface area contributed by atoms with E-state index in [1.54, 1.807) is 24.7 Å². The Morgan fingerprint density at radius 1 is 1.10 bits per heavy atom. The van der Waals surface area contributed by atoms with Crippen molar-refractivity contribution < 1.29 is 27.4 Å². The first-order valence-electron chi connectivity index (χ1n) is 9.61. The van der Waals surface area contributed by atoms with E-state index < -0.39 is 17.5 Å². The molecular weight excluding hydrogens is 397 g/mol. The Hall–Kier alpha value is -2.84. The van der Waals surface area contributed by atoms with Gasteiger partial charge in [-0.1, -0.05) is 6.92 Å².